The molecule has 1 aromatic heterocycles. The van der Waals surface area contributed by atoms with Crippen molar-refractivity contribution in [2.75, 3.05) is 0 Å². The fourth-order valence-corrected chi connectivity index (χ4v) is 3.31. The highest BCUT2D eigenvalue weighted by Gasteiger charge is 2.29. The molecule has 9 heteroatoms. The minimum absolute atomic E-state index is 0.0313. The lowest BCUT2D eigenvalue weighted by molar-refractivity contribution is 0.0985. The number of benzene rings is 2. The van der Waals surface area contributed by atoms with Crippen molar-refractivity contribution in [3.8, 4) is 22.4 Å². The van der Waals surface area contributed by atoms with E-state index in [1.54, 1.807) is 18.2 Å². The Labute approximate surface area is 162 Å². The highest BCUT2D eigenvalue weighted by Crippen LogP contribution is 2.41. The first-order valence-corrected chi connectivity index (χ1v) is 8.37. The predicted molar refractivity (Wildman–Crippen MR) is 97.5 cm³/mol. The fourth-order valence-electron chi connectivity index (χ4n) is 2.91. The van der Waals surface area contributed by atoms with E-state index >= 15 is 0 Å². The van der Waals surface area contributed by atoms with Crippen molar-refractivity contribution < 1.29 is 18.0 Å². The highest BCUT2D eigenvalue weighted by atomic mass is 35.5. The molecule has 140 valence electrons. The van der Waals surface area contributed by atoms with Crippen molar-refractivity contribution in [1.82, 2.24) is 9.78 Å². The van der Waals surface area contributed by atoms with Gasteiger partial charge in [-0.05, 0) is 29.8 Å². The van der Waals surface area contributed by atoms with Gasteiger partial charge in [-0.15, -0.1) is 0 Å². The summed E-state index contributed by atoms with van der Waals surface area (Å²) in [6.07, 6.45) is -3.01. The van der Waals surface area contributed by atoms with E-state index in [9.17, 15) is 18.0 Å². The summed E-state index contributed by atoms with van der Waals surface area (Å²) in [6, 6.07) is 8.42. The molecule has 0 spiro atoms. The Hall–Kier alpha value is -2.51. The summed E-state index contributed by atoms with van der Waals surface area (Å²) in [5, 5.41) is 4.11. The van der Waals surface area contributed by atoms with E-state index in [-0.39, 0.29) is 26.9 Å². The lowest BCUT2D eigenvalue weighted by Crippen LogP contribution is -2.14. The number of amides is 1. The predicted octanol–water partition coefficient (Wildman–Crippen LogP) is 5.24. The van der Waals surface area contributed by atoms with E-state index in [1.165, 1.54) is 19.2 Å². The first-order chi connectivity index (χ1) is 12.7. The summed E-state index contributed by atoms with van der Waals surface area (Å²) in [6.45, 7) is 0. The van der Waals surface area contributed by atoms with E-state index in [0.29, 0.717) is 5.56 Å². The molecule has 2 N–H and O–H groups in total. The first-order valence-electron chi connectivity index (χ1n) is 7.61. The molecular formula is C18H12Cl2F3N3O. The maximum atomic E-state index is 14.0. The van der Waals surface area contributed by atoms with E-state index in [2.05, 4.69) is 5.10 Å². The van der Waals surface area contributed by atoms with E-state index in [0.717, 1.165) is 10.7 Å². The quantitative estimate of drug-likeness (QED) is 0.635. The summed E-state index contributed by atoms with van der Waals surface area (Å²) in [4.78, 5) is 11.9. The van der Waals surface area contributed by atoms with Crippen molar-refractivity contribution in [3.63, 3.8) is 0 Å². The molecule has 0 bridgehead atoms. The van der Waals surface area contributed by atoms with Crippen LogP contribution < -0.4 is 5.73 Å². The van der Waals surface area contributed by atoms with Gasteiger partial charge >= 0.3 is 0 Å². The van der Waals surface area contributed by atoms with E-state index < -0.39 is 29.4 Å². The molecule has 2 aromatic carbocycles. The molecule has 1 heterocycles. The molecule has 1 amide bonds. The van der Waals surface area contributed by atoms with Crippen LogP contribution in [-0.2, 0) is 7.05 Å². The third-order valence-electron chi connectivity index (χ3n) is 4.01. The second-order valence-corrected chi connectivity index (χ2v) is 6.47. The van der Waals surface area contributed by atoms with Crippen LogP contribution in [0, 0.1) is 5.82 Å². The third kappa shape index (κ3) is 3.40. The van der Waals surface area contributed by atoms with Crippen LogP contribution in [0.4, 0.5) is 13.2 Å². The zero-order chi connectivity index (χ0) is 19.9. The number of hydrogen-bond acceptors (Lipinski definition) is 2. The number of hydrogen-bond donors (Lipinski definition) is 1. The maximum Gasteiger partial charge on any atom is 0.282 e. The Kier molecular flexibility index (Phi) is 5.17. The monoisotopic (exact) mass is 413 g/mol. The number of carbonyl (C=O) groups is 1. The Balaban J connectivity index is 2.38. The number of primary amides is 1. The summed E-state index contributed by atoms with van der Waals surface area (Å²) < 4.78 is 41.7. The normalized spacial score (nSPS) is 11.2. The molecule has 3 aromatic rings. The summed E-state index contributed by atoms with van der Waals surface area (Å²) >= 11 is 12.3. The van der Waals surface area contributed by atoms with E-state index in [4.69, 9.17) is 28.9 Å². The van der Waals surface area contributed by atoms with Gasteiger partial charge in [-0.25, -0.2) is 13.2 Å². The molecule has 0 unspecified atom stereocenters. The zero-order valence-corrected chi connectivity index (χ0v) is 15.3. The number of alkyl halides is 2. The molecule has 4 nitrogen and oxygen atoms in total. The van der Waals surface area contributed by atoms with E-state index in [1.807, 2.05) is 0 Å². The number of aromatic nitrogens is 2. The van der Waals surface area contributed by atoms with Gasteiger partial charge < -0.3 is 5.73 Å². The number of aryl methyl sites for hydroxylation is 1. The molecule has 27 heavy (non-hydrogen) atoms. The summed E-state index contributed by atoms with van der Waals surface area (Å²) in [7, 11) is 1.39. The topological polar surface area (TPSA) is 60.9 Å². The molecule has 0 aliphatic carbocycles. The van der Waals surface area contributed by atoms with Gasteiger partial charge in [0.25, 0.3) is 12.3 Å². The van der Waals surface area contributed by atoms with Crippen molar-refractivity contribution in [1.29, 1.82) is 0 Å². The number of halogens is 5. The fraction of sp³-hybridized carbons (Fsp3) is 0.111. The minimum atomic E-state index is -3.01. The molecule has 0 saturated carbocycles. The molecular weight excluding hydrogens is 402 g/mol. The lowest BCUT2D eigenvalue weighted by atomic mass is 9.94. The second-order valence-electron chi connectivity index (χ2n) is 5.69. The molecule has 0 saturated heterocycles. The van der Waals surface area contributed by atoms with Crippen molar-refractivity contribution in [2.45, 2.75) is 6.43 Å². The van der Waals surface area contributed by atoms with Crippen LogP contribution in [-0.4, -0.2) is 15.7 Å². The average Bonchev–Trinajstić information content (AvgIpc) is 2.95. The first kappa shape index (κ1) is 19.3. The number of nitrogens with zero attached hydrogens (tertiary/aromatic N) is 2. The molecule has 0 aliphatic rings. The molecule has 0 fully saturated rings. The van der Waals surface area contributed by atoms with Crippen molar-refractivity contribution in [2.24, 2.45) is 12.8 Å². The van der Waals surface area contributed by atoms with Gasteiger partial charge in [0.2, 0.25) is 0 Å². The Morgan fingerprint density at radius 1 is 1.15 bits per heavy atom. The summed E-state index contributed by atoms with van der Waals surface area (Å²) in [5.41, 5.74) is 5.07. The lowest BCUT2D eigenvalue weighted by Gasteiger charge is -2.14. The van der Waals surface area contributed by atoms with Gasteiger partial charge in [-0.2, -0.15) is 5.10 Å². The van der Waals surface area contributed by atoms with Gasteiger partial charge in [-0.1, -0.05) is 35.3 Å². The van der Waals surface area contributed by atoms with Gasteiger partial charge in [0.1, 0.15) is 11.5 Å². The van der Waals surface area contributed by atoms with Crippen LogP contribution in [0.15, 0.2) is 36.4 Å². The van der Waals surface area contributed by atoms with Crippen LogP contribution in [0.5, 0.6) is 0 Å². The largest absolute Gasteiger partial charge is 0.365 e. The molecule has 0 radical (unpaired) electrons. The smallest absolute Gasteiger partial charge is 0.282 e. The zero-order valence-electron chi connectivity index (χ0n) is 13.8. The van der Waals surface area contributed by atoms with Gasteiger partial charge in [0, 0.05) is 18.2 Å². The molecule has 3 rings (SSSR count). The van der Waals surface area contributed by atoms with Crippen LogP contribution in [0.2, 0.25) is 10.0 Å². The van der Waals surface area contributed by atoms with Gasteiger partial charge in [-0.3, -0.25) is 9.48 Å². The second kappa shape index (κ2) is 7.25. The van der Waals surface area contributed by atoms with Crippen LogP contribution >= 0.6 is 23.2 Å². The standard InChI is InChI=1S/C18H12Cl2F3N3O/c1-26-16(13(18(24)27)15(25-26)17(22)23)10-6-5-8(21)7-11(10)9-3-2-4-12(19)14(9)20/h2-7,17H,1H3,(H2,24,27). The minimum Gasteiger partial charge on any atom is -0.365 e. The van der Waals surface area contributed by atoms with Crippen LogP contribution in [0.25, 0.3) is 22.4 Å². The Morgan fingerprint density at radius 3 is 2.48 bits per heavy atom. The Morgan fingerprint density at radius 2 is 1.85 bits per heavy atom. The molecule has 0 aliphatic heterocycles. The number of rotatable bonds is 4. The van der Waals surface area contributed by atoms with Crippen molar-refractivity contribution in [3.05, 3.63) is 63.5 Å². The van der Waals surface area contributed by atoms with Crippen LogP contribution in [0.3, 0.4) is 0 Å². The third-order valence-corrected chi connectivity index (χ3v) is 4.82. The number of carbonyl (C=O) groups excluding carboxylic acids is 1. The SMILES string of the molecule is Cn1nc(C(F)F)c(C(N)=O)c1-c1ccc(F)cc1-c1cccc(Cl)c1Cl. The average molecular weight is 414 g/mol. The highest BCUT2D eigenvalue weighted by molar-refractivity contribution is 6.43. The van der Waals surface area contributed by atoms with Gasteiger partial charge in [0.15, 0.2) is 0 Å². The number of nitrogens with two attached hydrogens (primary N) is 1. The van der Waals surface area contributed by atoms with Gasteiger partial charge in [0.05, 0.1) is 21.3 Å². The summed E-state index contributed by atoms with van der Waals surface area (Å²) in [5.74, 6) is -1.65. The van der Waals surface area contributed by atoms with Crippen molar-refractivity contribution >= 4 is 29.1 Å². The Bertz CT molecular complexity index is 1050. The molecule has 0 atom stereocenters. The maximum absolute atomic E-state index is 14.0. The van der Waals surface area contributed by atoms with Crippen LogP contribution in [0.1, 0.15) is 22.5 Å².